The maximum atomic E-state index is 10.7. The van der Waals surface area contributed by atoms with E-state index in [-0.39, 0.29) is 23.5 Å². The average molecular weight is 305 g/mol. The smallest absolute Gasteiger partial charge is 0.165 e. The van der Waals surface area contributed by atoms with Gasteiger partial charge in [0.2, 0.25) is 0 Å². The molecule has 2 aliphatic carbocycles. The minimum absolute atomic E-state index is 0.122. The van der Waals surface area contributed by atoms with E-state index in [0.717, 1.165) is 6.42 Å². The summed E-state index contributed by atoms with van der Waals surface area (Å²) in [6.45, 7) is 0.577. The summed E-state index contributed by atoms with van der Waals surface area (Å²) in [6, 6.07) is -0.139. The topological polar surface area (TPSA) is 108 Å². The lowest BCUT2D eigenvalue weighted by Gasteiger charge is -2.26. The first-order valence-electron chi connectivity index (χ1n) is 7.27. The molecular weight excluding hydrogens is 286 g/mol. The SMILES string of the molecule is COCC12CC1C(n1cnc3c(N)ncnc31)C(O)C2OC. The Balaban J connectivity index is 1.78. The molecule has 4 rings (SSSR count). The highest BCUT2D eigenvalue weighted by atomic mass is 16.5. The van der Waals surface area contributed by atoms with E-state index < -0.39 is 6.10 Å². The molecule has 2 heterocycles. The van der Waals surface area contributed by atoms with Crippen molar-refractivity contribution in [1.29, 1.82) is 0 Å². The van der Waals surface area contributed by atoms with E-state index in [2.05, 4.69) is 15.0 Å². The van der Waals surface area contributed by atoms with Crippen LogP contribution in [0.2, 0.25) is 0 Å². The quantitative estimate of drug-likeness (QED) is 0.818. The number of hydrogen-bond acceptors (Lipinski definition) is 7. The zero-order valence-corrected chi connectivity index (χ0v) is 12.5. The molecule has 5 atom stereocenters. The molecule has 0 aromatic carbocycles. The molecule has 118 valence electrons. The number of hydrogen-bond donors (Lipinski definition) is 2. The molecule has 0 aliphatic heterocycles. The van der Waals surface area contributed by atoms with Crippen molar-refractivity contribution in [2.24, 2.45) is 11.3 Å². The first-order valence-corrected chi connectivity index (χ1v) is 7.27. The van der Waals surface area contributed by atoms with Crippen LogP contribution in [-0.4, -0.2) is 57.7 Å². The Kier molecular flexibility index (Phi) is 2.91. The van der Waals surface area contributed by atoms with Crippen molar-refractivity contribution in [2.75, 3.05) is 26.6 Å². The normalized spacial score (nSPS) is 36.7. The average Bonchev–Trinajstić information content (AvgIpc) is 2.92. The number of rotatable bonds is 4. The number of ether oxygens (including phenoxy) is 2. The largest absolute Gasteiger partial charge is 0.388 e. The molecule has 2 fully saturated rings. The van der Waals surface area contributed by atoms with Crippen molar-refractivity contribution in [1.82, 2.24) is 19.5 Å². The van der Waals surface area contributed by atoms with Crippen molar-refractivity contribution in [3.63, 3.8) is 0 Å². The Bertz CT molecular complexity index is 720. The summed E-state index contributed by atoms with van der Waals surface area (Å²) in [5, 5.41) is 10.7. The van der Waals surface area contributed by atoms with Gasteiger partial charge in [0.1, 0.15) is 17.9 Å². The fourth-order valence-electron chi connectivity index (χ4n) is 4.23. The summed E-state index contributed by atoms with van der Waals surface area (Å²) in [6.07, 6.45) is 3.17. The number of methoxy groups -OCH3 is 2. The van der Waals surface area contributed by atoms with Crippen molar-refractivity contribution in [3.05, 3.63) is 12.7 Å². The highest BCUT2D eigenvalue weighted by Gasteiger charge is 2.72. The summed E-state index contributed by atoms with van der Waals surface area (Å²) >= 11 is 0. The van der Waals surface area contributed by atoms with Crippen LogP contribution in [0.3, 0.4) is 0 Å². The van der Waals surface area contributed by atoms with Gasteiger partial charge in [-0.05, 0) is 12.3 Å². The van der Waals surface area contributed by atoms with E-state index in [0.29, 0.717) is 23.6 Å². The lowest BCUT2D eigenvalue weighted by Crippen LogP contribution is -2.37. The van der Waals surface area contributed by atoms with E-state index in [1.54, 1.807) is 20.5 Å². The number of nitrogen functional groups attached to an aromatic ring is 1. The molecule has 2 saturated carbocycles. The van der Waals surface area contributed by atoms with Gasteiger partial charge in [0.25, 0.3) is 0 Å². The van der Waals surface area contributed by atoms with Gasteiger partial charge in [0, 0.05) is 19.6 Å². The van der Waals surface area contributed by atoms with Crippen LogP contribution in [0.5, 0.6) is 0 Å². The van der Waals surface area contributed by atoms with Crippen molar-refractivity contribution in [3.8, 4) is 0 Å². The first-order chi connectivity index (χ1) is 10.6. The standard InChI is InChI=1S/C14H19N5O3/c1-21-4-14-3-7(14)9(10(20)11(14)22-2)19-6-18-8-12(15)16-5-17-13(8)19/h5-7,9-11,20H,3-4H2,1-2H3,(H2,15,16,17). The second-order valence-electron chi connectivity index (χ2n) is 6.20. The second-order valence-corrected chi connectivity index (χ2v) is 6.20. The van der Waals surface area contributed by atoms with E-state index in [9.17, 15) is 5.11 Å². The molecule has 8 heteroatoms. The molecule has 5 unspecified atom stereocenters. The van der Waals surface area contributed by atoms with Gasteiger partial charge < -0.3 is 24.9 Å². The number of aliphatic hydroxyl groups excluding tert-OH is 1. The molecule has 0 saturated heterocycles. The predicted molar refractivity (Wildman–Crippen MR) is 78.0 cm³/mol. The zero-order chi connectivity index (χ0) is 15.5. The highest BCUT2D eigenvalue weighted by Crippen LogP contribution is 2.68. The number of aliphatic hydroxyl groups is 1. The number of fused-ring (bicyclic) bond motifs is 2. The summed E-state index contributed by atoms with van der Waals surface area (Å²) in [5.41, 5.74) is 6.93. The van der Waals surface area contributed by atoms with Gasteiger partial charge in [-0.2, -0.15) is 0 Å². The van der Waals surface area contributed by atoms with Crippen LogP contribution in [0.15, 0.2) is 12.7 Å². The molecule has 22 heavy (non-hydrogen) atoms. The zero-order valence-electron chi connectivity index (χ0n) is 12.5. The number of aromatic nitrogens is 4. The maximum absolute atomic E-state index is 10.7. The van der Waals surface area contributed by atoms with Gasteiger partial charge in [-0.1, -0.05) is 0 Å². The monoisotopic (exact) mass is 305 g/mol. The highest BCUT2D eigenvalue weighted by molar-refractivity contribution is 5.81. The lowest BCUT2D eigenvalue weighted by molar-refractivity contribution is -0.0601. The Morgan fingerprint density at radius 3 is 2.95 bits per heavy atom. The molecule has 0 spiro atoms. The molecule has 3 N–H and O–H groups in total. The fourth-order valence-corrected chi connectivity index (χ4v) is 4.23. The maximum Gasteiger partial charge on any atom is 0.165 e. The van der Waals surface area contributed by atoms with E-state index in [1.165, 1.54) is 6.33 Å². The number of anilines is 1. The summed E-state index contributed by atoms with van der Waals surface area (Å²) in [5.74, 6) is 0.625. The number of nitrogens with two attached hydrogens (primary N) is 1. The van der Waals surface area contributed by atoms with Gasteiger partial charge in [0.15, 0.2) is 11.5 Å². The minimum Gasteiger partial charge on any atom is -0.388 e. The van der Waals surface area contributed by atoms with Gasteiger partial charge in [-0.3, -0.25) is 0 Å². The molecule has 2 aromatic rings. The Morgan fingerprint density at radius 1 is 1.41 bits per heavy atom. The molecule has 2 aliphatic rings. The van der Waals surface area contributed by atoms with Gasteiger partial charge in [-0.25, -0.2) is 15.0 Å². The third-order valence-corrected chi connectivity index (χ3v) is 5.19. The first kappa shape index (κ1) is 13.9. The molecule has 0 radical (unpaired) electrons. The Labute approximate surface area is 127 Å². The third-order valence-electron chi connectivity index (χ3n) is 5.19. The second kappa shape index (κ2) is 4.61. The summed E-state index contributed by atoms with van der Waals surface area (Å²) in [7, 11) is 3.31. The van der Waals surface area contributed by atoms with Crippen molar-refractivity contribution < 1.29 is 14.6 Å². The molecular formula is C14H19N5O3. The fraction of sp³-hybridized carbons (Fsp3) is 0.643. The molecule has 2 aromatic heterocycles. The van der Waals surface area contributed by atoms with Crippen LogP contribution in [0.1, 0.15) is 12.5 Å². The van der Waals surface area contributed by atoms with Crippen LogP contribution in [-0.2, 0) is 9.47 Å². The van der Waals surface area contributed by atoms with E-state index in [4.69, 9.17) is 15.2 Å². The minimum atomic E-state index is -0.632. The van der Waals surface area contributed by atoms with E-state index >= 15 is 0 Å². The van der Waals surface area contributed by atoms with Crippen LogP contribution in [0.25, 0.3) is 11.2 Å². The van der Waals surface area contributed by atoms with Crippen molar-refractivity contribution in [2.45, 2.75) is 24.7 Å². The third kappa shape index (κ3) is 1.60. The van der Waals surface area contributed by atoms with Crippen LogP contribution in [0, 0.1) is 11.3 Å². The van der Waals surface area contributed by atoms with Crippen LogP contribution >= 0.6 is 0 Å². The van der Waals surface area contributed by atoms with Crippen LogP contribution in [0.4, 0.5) is 5.82 Å². The Morgan fingerprint density at radius 2 is 2.23 bits per heavy atom. The summed E-state index contributed by atoms with van der Waals surface area (Å²) < 4.78 is 12.8. The van der Waals surface area contributed by atoms with E-state index in [1.807, 2.05) is 4.57 Å². The number of imidazole rings is 1. The van der Waals surface area contributed by atoms with Crippen molar-refractivity contribution >= 4 is 17.0 Å². The van der Waals surface area contributed by atoms with Gasteiger partial charge in [0.05, 0.1) is 25.1 Å². The molecule has 0 bridgehead atoms. The molecule has 0 amide bonds. The molecule has 8 nitrogen and oxygen atoms in total. The predicted octanol–water partition coefficient (Wildman–Crippen LogP) is -0.00820. The lowest BCUT2D eigenvalue weighted by atomic mass is 10.00. The number of nitrogens with zero attached hydrogens (tertiary/aromatic N) is 4. The van der Waals surface area contributed by atoms with Gasteiger partial charge in [-0.15, -0.1) is 0 Å². The summed E-state index contributed by atoms with van der Waals surface area (Å²) in [4.78, 5) is 12.5. The van der Waals surface area contributed by atoms with Gasteiger partial charge >= 0.3 is 0 Å². The Hall–Kier alpha value is -1.77. The van der Waals surface area contributed by atoms with Crippen LogP contribution < -0.4 is 5.73 Å².